The van der Waals surface area contributed by atoms with Crippen molar-refractivity contribution in [2.24, 2.45) is 4.40 Å². The van der Waals surface area contributed by atoms with Gasteiger partial charge in [-0.05, 0) is 18.2 Å². The van der Waals surface area contributed by atoms with Crippen LogP contribution in [0.25, 0.3) is 0 Å². The summed E-state index contributed by atoms with van der Waals surface area (Å²) in [6.45, 7) is 0. The van der Waals surface area contributed by atoms with Crippen LogP contribution in [0.2, 0.25) is 0 Å². The maximum absolute atomic E-state index is 12.2. The summed E-state index contributed by atoms with van der Waals surface area (Å²) >= 11 is 0. The first kappa shape index (κ1) is 13.6. The van der Waals surface area contributed by atoms with Gasteiger partial charge in [0.25, 0.3) is 10.0 Å². The molecule has 2 aromatic carbocycles. The second kappa shape index (κ2) is 5.21. The molecule has 0 aliphatic carbocycles. The van der Waals surface area contributed by atoms with Gasteiger partial charge in [0.2, 0.25) is 0 Å². The molecule has 108 valence electrons. The maximum atomic E-state index is 12.2. The Balaban J connectivity index is 1.97. The van der Waals surface area contributed by atoms with Crippen molar-refractivity contribution in [1.82, 2.24) is 0 Å². The molecule has 1 aliphatic rings. The van der Waals surface area contributed by atoms with Crippen molar-refractivity contribution in [2.45, 2.75) is 11.3 Å². The highest BCUT2D eigenvalue weighted by Crippen LogP contribution is 2.28. The number of benzene rings is 2. The van der Waals surface area contributed by atoms with Gasteiger partial charge in [0.1, 0.15) is 16.5 Å². The minimum atomic E-state index is -3.65. The highest BCUT2D eigenvalue weighted by atomic mass is 32.2. The number of hydrogen-bond donors (Lipinski definition) is 1. The fourth-order valence-electron chi connectivity index (χ4n) is 2.27. The lowest BCUT2D eigenvalue weighted by molar-refractivity contribution is 0.411. The summed E-state index contributed by atoms with van der Waals surface area (Å²) in [5, 5.41) is 3.07. The Morgan fingerprint density at radius 3 is 2.62 bits per heavy atom. The molecule has 0 unspecified atom stereocenters. The Labute approximate surface area is 123 Å². The average molecular weight is 302 g/mol. The molecule has 2 aromatic rings. The van der Waals surface area contributed by atoms with E-state index >= 15 is 0 Å². The van der Waals surface area contributed by atoms with Crippen molar-refractivity contribution in [2.75, 3.05) is 12.4 Å². The van der Waals surface area contributed by atoms with Crippen molar-refractivity contribution in [1.29, 1.82) is 0 Å². The van der Waals surface area contributed by atoms with E-state index in [4.69, 9.17) is 4.74 Å². The van der Waals surface area contributed by atoms with E-state index in [0.29, 0.717) is 23.7 Å². The third-order valence-electron chi connectivity index (χ3n) is 3.22. The van der Waals surface area contributed by atoms with Gasteiger partial charge in [-0.1, -0.05) is 30.3 Å². The first-order valence-corrected chi connectivity index (χ1v) is 7.86. The highest BCUT2D eigenvalue weighted by molar-refractivity contribution is 7.90. The van der Waals surface area contributed by atoms with Gasteiger partial charge in [-0.2, -0.15) is 8.42 Å². The molecule has 5 nitrogen and oxygen atoms in total. The van der Waals surface area contributed by atoms with Gasteiger partial charge in [0.15, 0.2) is 0 Å². The van der Waals surface area contributed by atoms with Gasteiger partial charge >= 0.3 is 0 Å². The predicted molar refractivity (Wildman–Crippen MR) is 81.4 cm³/mol. The summed E-state index contributed by atoms with van der Waals surface area (Å²) in [4.78, 5) is 0.203. The van der Waals surface area contributed by atoms with Crippen LogP contribution in [0, 0.1) is 0 Å². The Morgan fingerprint density at radius 1 is 1.10 bits per heavy atom. The van der Waals surface area contributed by atoms with Crippen LogP contribution in [-0.4, -0.2) is 21.4 Å². The van der Waals surface area contributed by atoms with Gasteiger partial charge < -0.3 is 10.1 Å². The number of amidine groups is 1. The Bertz CT molecular complexity index is 813. The Kier molecular flexibility index (Phi) is 3.39. The Morgan fingerprint density at radius 2 is 1.81 bits per heavy atom. The highest BCUT2D eigenvalue weighted by Gasteiger charge is 2.24. The number of sulfonamides is 1. The summed E-state index contributed by atoms with van der Waals surface area (Å²) in [5.74, 6) is 1.09. The number of ether oxygens (including phenoxy) is 1. The minimum absolute atomic E-state index is 0.203. The second-order valence-electron chi connectivity index (χ2n) is 4.62. The normalized spacial score (nSPS) is 15.6. The lowest BCUT2D eigenvalue weighted by atomic mass is 10.1. The van der Waals surface area contributed by atoms with Crippen LogP contribution >= 0.6 is 0 Å². The van der Waals surface area contributed by atoms with Crippen molar-refractivity contribution in [3.63, 3.8) is 0 Å². The zero-order chi connectivity index (χ0) is 14.9. The number of methoxy groups -OCH3 is 1. The molecule has 0 amide bonds. The molecule has 0 saturated carbocycles. The average Bonchev–Trinajstić information content (AvgIpc) is 2.47. The van der Waals surface area contributed by atoms with E-state index in [-0.39, 0.29) is 4.90 Å². The van der Waals surface area contributed by atoms with Crippen LogP contribution in [0.4, 0.5) is 5.69 Å². The summed E-state index contributed by atoms with van der Waals surface area (Å²) < 4.78 is 33.5. The summed E-state index contributed by atoms with van der Waals surface area (Å²) in [6.07, 6.45) is 0.359. The van der Waals surface area contributed by atoms with Gasteiger partial charge in [-0.3, -0.25) is 0 Å². The third-order valence-corrected chi connectivity index (χ3v) is 4.60. The molecular formula is C15H14N2O3S. The first-order valence-electron chi connectivity index (χ1n) is 6.42. The van der Waals surface area contributed by atoms with E-state index in [9.17, 15) is 8.42 Å². The fraction of sp³-hybridized carbons (Fsp3) is 0.133. The molecule has 3 rings (SSSR count). The standard InChI is InChI=1S/C15H14N2O3S/c1-20-13-8-4-2-6-11(13)10-15-16-12-7-3-5-9-14(12)21(18,19)17-15/h2-9H,10H2,1H3,(H,16,17). The molecule has 1 heterocycles. The number of fused-ring (bicyclic) bond motifs is 1. The Hall–Kier alpha value is -2.34. The quantitative estimate of drug-likeness (QED) is 0.945. The fourth-order valence-corrected chi connectivity index (χ4v) is 3.42. The molecule has 0 fully saturated rings. The van der Waals surface area contributed by atoms with Crippen molar-refractivity contribution >= 4 is 21.5 Å². The molecule has 0 aromatic heterocycles. The van der Waals surface area contributed by atoms with Crippen LogP contribution in [0.3, 0.4) is 0 Å². The summed E-state index contributed by atoms with van der Waals surface area (Å²) in [7, 11) is -2.06. The van der Waals surface area contributed by atoms with Gasteiger partial charge in [-0.15, -0.1) is 4.40 Å². The van der Waals surface area contributed by atoms with Crippen LogP contribution in [0.15, 0.2) is 57.8 Å². The molecule has 0 radical (unpaired) electrons. The van der Waals surface area contributed by atoms with Crippen LogP contribution in [0.1, 0.15) is 5.56 Å². The molecule has 1 aliphatic heterocycles. The molecule has 21 heavy (non-hydrogen) atoms. The molecule has 0 atom stereocenters. The zero-order valence-electron chi connectivity index (χ0n) is 11.4. The number of nitrogens with zero attached hydrogens (tertiary/aromatic N) is 1. The van der Waals surface area contributed by atoms with E-state index in [1.54, 1.807) is 31.4 Å². The third kappa shape index (κ3) is 2.62. The van der Waals surface area contributed by atoms with Crippen LogP contribution < -0.4 is 10.1 Å². The monoisotopic (exact) mass is 302 g/mol. The summed E-state index contributed by atoms with van der Waals surface area (Å²) in [5.41, 5.74) is 1.43. The molecular weight excluding hydrogens is 288 g/mol. The van der Waals surface area contributed by atoms with Crippen molar-refractivity contribution in [3.05, 3.63) is 54.1 Å². The maximum Gasteiger partial charge on any atom is 0.286 e. The molecule has 0 saturated heterocycles. The lowest BCUT2D eigenvalue weighted by Crippen LogP contribution is -2.23. The smallest absolute Gasteiger partial charge is 0.286 e. The predicted octanol–water partition coefficient (Wildman–Crippen LogP) is 2.45. The molecule has 6 heteroatoms. The molecule has 0 spiro atoms. The number of para-hydroxylation sites is 2. The number of nitrogens with one attached hydrogen (secondary N) is 1. The van der Waals surface area contributed by atoms with E-state index in [1.807, 2.05) is 24.3 Å². The van der Waals surface area contributed by atoms with Gasteiger partial charge in [-0.25, -0.2) is 0 Å². The minimum Gasteiger partial charge on any atom is -0.496 e. The van der Waals surface area contributed by atoms with Crippen molar-refractivity contribution in [3.8, 4) is 5.75 Å². The number of anilines is 1. The number of hydrogen-bond acceptors (Lipinski definition) is 4. The SMILES string of the molecule is COc1ccccc1CC1=NS(=O)(=O)c2ccccc2N1. The van der Waals surface area contributed by atoms with Gasteiger partial charge in [0, 0.05) is 12.0 Å². The van der Waals surface area contributed by atoms with Gasteiger partial charge in [0.05, 0.1) is 12.8 Å². The van der Waals surface area contributed by atoms with Crippen LogP contribution in [0.5, 0.6) is 5.75 Å². The molecule has 0 bridgehead atoms. The first-order chi connectivity index (χ1) is 10.1. The zero-order valence-corrected chi connectivity index (χ0v) is 12.2. The second-order valence-corrected chi connectivity index (χ2v) is 6.20. The topological polar surface area (TPSA) is 67.8 Å². The van der Waals surface area contributed by atoms with E-state index in [1.165, 1.54) is 0 Å². The van der Waals surface area contributed by atoms with E-state index < -0.39 is 10.0 Å². The lowest BCUT2D eigenvalue weighted by Gasteiger charge is -2.18. The summed E-state index contributed by atoms with van der Waals surface area (Å²) in [6, 6.07) is 14.2. The van der Waals surface area contributed by atoms with E-state index in [2.05, 4.69) is 9.71 Å². The molecule has 1 N–H and O–H groups in total. The largest absolute Gasteiger partial charge is 0.496 e. The van der Waals surface area contributed by atoms with Crippen LogP contribution in [-0.2, 0) is 16.4 Å². The number of rotatable bonds is 3. The van der Waals surface area contributed by atoms with Crippen molar-refractivity contribution < 1.29 is 13.2 Å². The van der Waals surface area contributed by atoms with E-state index in [0.717, 1.165) is 5.56 Å².